The van der Waals surface area contributed by atoms with Gasteiger partial charge in [0.15, 0.2) is 0 Å². The summed E-state index contributed by atoms with van der Waals surface area (Å²) < 4.78 is 11.8. The molecular formula is C27H27ClN4O3. The zero-order chi connectivity index (χ0) is 24.6. The largest absolute Gasteiger partial charge is 0.497 e. The second-order valence-corrected chi connectivity index (χ2v) is 8.68. The van der Waals surface area contributed by atoms with Crippen LogP contribution in [-0.2, 0) is 11.3 Å². The molecule has 1 fully saturated rings. The highest BCUT2D eigenvalue weighted by molar-refractivity contribution is 6.32. The third-order valence-corrected chi connectivity index (χ3v) is 6.37. The van der Waals surface area contributed by atoms with E-state index in [4.69, 9.17) is 26.3 Å². The van der Waals surface area contributed by atoms with Crippen molar-refractivity contribution in [3.8, 4) is 11.8 Å². The smallest absolute Gasteiger partial charge is 0.257 e. The molecule has 2 aromatic carbocycles. The number of aromatic nitrogens is 1. The lowest BCUT2D eigenvalue weighted by Crippen LogP contribution is -2.49. The third kappa shape index (κ3) is 6.37. The van der Waals surface area contributed by atoms with Crippen LogP contribution >= 0.6 is 11.6 Å². The zero-order valence-electron chi connectivity index (χ0n) is 19.6. The fourth-order valence-electron chi connectivity index (χ4n) is 4.05. The molecule has 180 valence electrons. The van der Waals surface area contributed by atoms with E-state index in [-0.39, 0.29) is 17.2 Å². The van der Waals surface area contributed by atoms with Gasteiger partial charge in [0.25, 0.3) is 5.91 Å². The van der Waals surface area contributed by atoms with E-state index in [2.05, 4.69) is 16.0 Å². The lowest BCUT2D eigenvalue weighted by atomic mass is 10.1. The molecule has 1 atom stereocenters. The molecule has 2 heterocycles. The molecule has 0 saturated carbocycles. The number of piperazine rings is 1. The maximum Gasteiger partial charge on any atom is 0.257 e. The first kappa shape index (κ1) is 24.7. The number of amides is 1. The van der Waals surface area contributed by atoms with Gasteiger partial charge in [0.1, 0.15) is 10.9 Å². The zero-order valence-corrected chi connectivity index (χ0v) is 20.3. The van der Waals surface area contributed by atoms with Crippen molar-refractivity contribution in [3.63, 3.8) is 0 Å². The summed E-state index contributed by atoms with van der Waals surface area (Å²) in [6.45, 7) is 3.76. The van der Waals surface area contributed by atoms with Crippen LogP contribution in [0, 0.1) is 11.3 Å². The summed E-state index contributed by atoms with van der Waals surface area (Å²) in [6, 6.07) is 20.9. The molecular weight excluding hydrogens is 464 g/mol. The third-order valence-electron chi connectivity index (χ3n) is 6.07. The van der Waals surface area contributed by atoms with Crippen molar-refractivity contribution in [1.82, 2.24) is 14.8 Å². The number of carbonyl (C=O) groups is 1. The topological polar surface area (TPSA) is 78.7 Å². The van der Waals surface area contributed by atoms with Crippen LogP contribution in [0.4, 0.5) is 0 Å². The van der Waals surface area contributed by atoms with Gasteiger partial charge in [-0.3, -0.25) is 9.69 Å². The maximum absolute atomic E-state index is 12.9. The molecule has 0 N–H and O–H groups in total. The van der Waals surface area contributed by atoms with E-state index in [0.29, 0.717) is 37.4 Å². The second-order valence-electron chi connectivity index (χ2n) is 8.32. The molecule has 1 amide bonds. The van der Waals surface area contributed by atoms with Crippen molar-refractivity contribution in [3.05, 3.63) is 94.3 Å². The van der Waals surface area contributed by atoms with E-state index in [9.17, 15) is 4.79 Å². The summed E-state index contributed by atoms with van der Waals surface area (Å²) in [7, 11) is 1.65. The number of hydrogen-bond donors (Lipinski definition) is 0. The lowest BCUT2D eigenvalue weighted by molar-refractivity contribution is 0.00333. The van der Waals surface area contributed by atoms with Gasteiger partial charge in [-0.2, -0.15) is 5.26 Å². The first-order valence-corrected chi connectivity index (χ1v) is 11.8. The molecule has 0 bridgehead atoms. The molecule has 8 heteroatoms. The van der Waals surface area contributed by atoms with Gasteiger partial charge < -0.3 is 14.4 Å². The van der Waals surface area contributed by atoms with Crippen LogP contribution in [0.15, 0.2) is 66.9 Å². The lowest BCUT2D eigenvalue weighted by Gasteiger charge is -2.36. The Morgan fingerprint density at radius 1 is 1.11 bits per heavy atom. The van der Waals surface area contributed by atoms with Crippen molar-refractivity contribution in [2.24, 2.45) is 0 Å². The minimum Gasteiger partial charge on any atom is -0.497 e. The van der Waals surface area contributed by atoms with Crippen LogP contribution in [-0.4, -0.2) is 60.5 Å². The number of nitrogens with zero attached hydrogens (tertiary/aromatic N) is 4. The van der Waals surface area contributed by atoms with Crippen LogP contribution in [0.5, 0.6) is 5.75 Å². The van der Waals surface area contributed by atoms with Gasteiger partial charge in [0.2, 0.25) is 0 Å². The van der Waals surface area contributed by atoms with Crippen molar-refractivity contribution in [2.75, 3.05) is 39.8 Å². The fourth-order valence-corrected chi connectivity index (χ4v) is 4.25. The molecule has 35 heavy (non-hydrogen) atoms. The van der Waals surface area contributed by atoms with Gasteiger partial charge in [-0.05, 0) is 47.5 Å². The molecule has 0 radical (unpaired) electrons. The summed E-state index contributed by atoms with van der Waals surface area (Å²) in [5.41, 5.74) is 3.08. The Labute approximate surface area is 210 Å². The number of nitriles is 1. The van der Waals surface area contributed by atoms with Crippen molar-refractivity contribution in [1.29, 1.82) is 5.26 Å². The molecule has 1 saturated heterocycles. The molecule has 3 aromatic rings. The normalized spacial score (nSPS) is 14.8. The minimum atomic E-state index is -0.184. The second kappa shape index (κ2) is 11.8. The average molecular weight is 491 g/mol. The number of ether oxygens (including phenoxy) is 2. The van der Waals surface area contributed by atoms with Crippen molar-refractivity contribution in [2.45, 2.75) is 12.7 Å². The van der Waals surface area contributed by atoms with E-state index in [0.717, 1.165) is 30.0 Å². The van der Waals surface area contributed by atoms with Crippen molar-refractivity contribution >= 4 is 17.5 Å². The van der Waals surface area contributed by atoms with E-state index >= 15 is 0 Å². The molecule has 0 spiro atoms. The van der Waals surface area contributed by atoms with Gasteiger partial charge in [0, 0.05) is 38.9 Å². The van der Waals surface area contributed by atoms with Crippen LogP contribution in [0.3, 0.4) is 0 Å². The number of methoxy groups -OCH3 is 1. The predicted octanol–water partition coefficient (Wildman–Crippen LogP) is 4.33. The average Bonchev–Trinajstić information content (AvgIpc) is 2.91. The highest BCUT2D eigenvalue weighted by atomic mass is 35.5. The number of halogens is 1. The number of hydrogen-bond acceptors (Lipinski definition) is 6. The standard InChI is InChI=1S/C27H27ClN4O3/c1-34-23-5-2-4-22(16-23)25(35-19-21-9-7-20(17-29)8-10-21)18-31-12-14-32(15-13-31)27(33)24-6-3-11-30-26(24)28/h2-11,16,25H,12-15,18-19H2,1H3. The summed E-state index contributed by atoms with van der Waals surface area (Å²) in [5, 5.41) is 9.26. The first-order valence-electron chi connectivity index (χ1n) is 11.4. The first-order chi connectivity index (χ1) is 17.1. The highest BCUT2D eigenvalue weighted by Gasteiger charge is 2.26. The van der Waals surface area contributed by atoms with Crippen LogP contribution in [0.1, 0.15) is 33.2 Å². The van der Waals surface area contributed by atoms with E-state index in [1.165, 1.54) is 0 Å². The van der Waals surface area contributed by atoms with Crippen molar-refractivity contribution < 1.29 is 14.3 Å². The molecule has 4 rings (SSSR count). The molecule has 1 aromatic heterocycles. The molecule has 1 unspecified atom stereocenters. The van der Waals surface area contributed by atoms with Gasteiger partial charge in [-0.1, -0.05) is 35.9 Å². The van der Waals surface area contributed by atoms with Crippen LogP contribution < -0.4 is 4.74 Å². The van der Waals surface area contributed by atoms with Gasteiger partial charge in [-0.15, -0.1) is 0 Å². The Bertz CT molecular complexity index is 1190. The Morgan fingerprint density at radius 2 is 1.89 bits per heavy atom. The van der Waals surface area contributed by atoms with Crippen LogP contribution in [0.2, 0.25) is 5.15 Å². The van der Waals surface area contributed by atoms with Gasteiger partial charge in [-0.25, -0.2) is 4.98 Å². The minimum absolute atomic E-state index is 0.0934. The molecule has 0 aliphatic carbocycles. The highest BCUT2D eigenvalue weighted by Crippen LogP contribution is 2.25. The van der Waals surface area contributed by atoms with Gasteiger partial charge >= 0.3 is 0 Å². The van der Waals surface area contributed by atoms with E-state index in [1.54, 1.807) is 37.6 Å². The molecule has 1 aliphatic rings. The number of carbonyl (C=O) groups excluding carboxylic acids is 1. The van der Waals surface area contributed by atoms with E-state index in [1.807, 2.05) is 41.3 Å². The van der Waals surface area contributed by atoms with Gasteiger partial charge in [0.05, 0.1) is 37.0 Å². The Balaban J connectivity index is 1.41. The van der Waals surface area contributed by atoms with Crippen LogP contribution in [0.25, 0.3) is 0 Å². The molecule has 7 nitrogen and oxygen atoms in total. The summed E-state index contributed by atoms with van der Waals surface area (Å²) in [6.07, 6.45) is 1.39. The molecule has 1 aliphatic heterocycles. The summed E-state index contributed by atoms with van der Waals surface area (Å²) >= 11 is 6.12. The Kier molecular flexibility index (Phi) is 8.32. The Morgan fingerprint density at radius 3 is 2.57 bits per heavy atom. The van der Waals surface area contributed by atoms with E-state index < -0.39 is 0 Å². The number of benzene rings is 2. The quantitative estimate of drug-likeness (QED) is 0.437. The number of pyridine rings is 1. The predicted molar refractivity (Wildman–Crippen MR) is 133 cm³/mol. The SMILES string of the molecule is COc1cccc(C(CN2CCN(C(=O)c3cccnc3Cl)CC2)OCc2ccc(C#N)cc2)c1. The summed E-state index contributed by atoms with van der Waals surface area (Å²) in [5.74, 6) is 0.683. The number of rotatable bonds is 8. The fraction of sp³-hybridized carbons (Fsp3) is 0.296. The maximum atomic E-state index is 12.9. The Hall–Kier alpha value is -3.44. The summed E-state index contributed by atoms with van der Waals surface area (Å²) in [4.78, 5) is 21.0. The monoisotopic (exact) mass is 490 g/mol.